The fourth-order valence-electron chi connectivity index (χ4n) is 3.50. The quantitative estimate of drug-likeness (QED) is 0.811. The lowest BCUT2D eigenvalue weighted by atomic mass is 10.1. The molecule has 3 atom stereocenters. The van der Waals surface area contributed by atoms with E-state index in [9.17, 15) is 13.2 Å². The summed E-state index contributed by atoms with van der Waals surface area (Å²) in [6.07, 6.45) is 1.72. The number of piperidine rings is 1. The minimum atomic E-state index is -3.59. The summed E-state index contributed by atoms with van der Waals surface area (Å²) in [6, 6.07) is 6.29. The van der Waals surface area contributed by atoms with E-state index in [-0.39, 0.29) is 29.1 Å². The van der Waals surface area contributed by atoms with Crippen LogP contribution in [0.15, 0.2) is 29.2 Å². The van der Waals surface area contributed by atoms with Gasteiger partial charge in [0.05, 0.1) is 17.1 Å². The number of hydrogen-bond acceptors (Lipinski definition) is 5. The lowest BCUT2D eigenvalue weighted by molar-refractivity contribution is -0.0440. The van der Waals surface area contributed by atoms with Gasteiger partial charge in [-0.15, -0.1) is 0 Å². The molecule has 3 rings (SSSR count). The number of carbonyl (C=O) groups excluding carboxylic acids is 1. The minimum Gasteiger partial charge on any atom is -0.373 e. The smallest absolute Gasteiger partial charge is 0.251 e. The molecule has 2 heterocycles. The van der Waals surface area contributed by atoms with Crippen molar-refractivity contribution in [2.75, 3.05) is 26.2 Å². The normalized spacial score (nSPS) is 27.8. The fourth-order valence-corrected chi connectivity index (χ4v) is 5.09. The molecule has 0 radical (unpaired) electrons. The first kappa shape index (κ1) is 19.3. The number of ether oxygens (including phenoxy) is 1. The molecular weight excluding hydrogens is 354 g/mol. The van der Waals surface area contributed by atoms with Crippen LogP contribution in [0.5, 0.6) is 0 Å². The molecule has 7 nitrogen and oxygen atoms in total. The molecule has 2 fully saturated rings. The highest BCUT2D eigenvalue weighted by atomic mass is 32.2. The molecule has 1 aromatic carbocycles. The van der Waals surface area contributed by atoms with Gasteiger partial charge in [0, 0.05) is 31.2 Å². The second-order valence-electron chi connectivity index (χ2n) is 7.12. The summed E-state index contributed by atoms with van der Waals surface area (Å²) in [4.78, 5) is 12.5. The van der Waals surface area contributed by atoms with Gasteiger partial charge >= 0.3 is 0 Å². The highest BCUT2D eigenvalue weighted by Crippen LogP contribution is 2.21. The standard InChI is InChI=1S/C18H27N3O4S/c1-13-11-21(12-14(2)25-13)26(23,24)17-7-5-15(6-8-17)18(22)20-16-4-3-9-19-10-16/h5-8,13-14,16,19H,3-4,9-12H2,1-2H3,(H,20,22)/t13?,14?,16-/m0/s1. The SMILES string of the molecule is CC1CN(S(=O)(=O)c2ccc(C(=O)N[C@H]3CCCNC3)cc2)CC(C)O1. The summed E-state index contributed by atoms with van der Waals surface area (Å²) in [7, 11) is -3.59. The topological polar surface area (TPSA) is 87.7 Å². The van der Waals surface area contributed by atoms with Crippen molar-refractivity contribution in [2.45, 2.75) is 49.8 Å². The zero-order valence-electron chi connectivity index (χ0n) is 15.3. The Hall–Kier alpha value is -1.48. The molecule has 1 aromatic rings. The fraction of sp³-hybridized carbons (Fsp3) is 0.611. The molecule has 0 aliphatic carbocycles. The highest BCUT2D eigenvalue weighted by Gasteiger charge is 2.32. The monoisotopic (exact) mass is 381 g/mol. The van der Waals surface area contributed by atoms with Crippen molar-refractivity contribution in [3.05, 3.63) is 29.8 Å². The van der Waals surface area contributed by atoms with Gasteiger partial charge < -0.3 is 15.4 Å². The predicted molar refractivity (Wildman–Crippen MR) is 98.6 cm³/mol. The number of nitrogens with zero attached hydrogens (tertiary/aromatic N) is 1. The van der Waals surface area contributed by atoms with Gasteiger partial charge in [-0.25, -0.2) is 8.42 Å². The van der Waals surface area contributed by atoms with Crippen LogP contribution in [0.2, 0.25) is 0 Å². The van der Waals surface area contributed by atoms with Crippen LogP contribution >= 0.6 is 0 Å². The van der Waals surface area contributed by atoms with E-state index in [2.05, 4.69) is 10.6 Å². The molecule has 144 valence electrons. The Labute approximate surface area is 155 Å². The number of rotatable bonds is 4. The maximum absolute atomic E-state index is 12.8. The van der Waals surface area contributed by atoms with Gasteiger partial charge in [-0.05, 0) is 57.5 Å². The van der Waals surface area contributed by atoms with Crippen LogP contribution in [-0.2, 0) is 14.8 Å². The zero-order valence-corrected chi connectivity index (χ0v) is 16.1. The third-order valence-corrected chi connectivity index (χ3v) is 6.62. The number of carbonyl (C=O) groups is 1. The second kappa shape index (κ2) is 8.04. The first-order chi connectivity index (χ1) is 12.4. The van der Waals surface area contributed by atoms with Crippen molar-refractivity contribution in [2.24, 2.45) is 0 Å². The van der Waals surface area contributed by atoms with Gasteiger partial charge in [-0.2, -0.15) is 4.31 Å². The Morgan fingerprint density at radius 1 is 1.19 bits per heavy atom. The van der Waals surface area contributed by atoms with E-state index in [1.807, 2.05) is 13.8 Å². The molecule has 0 aromatic heterocycles. The van der Waals surface area contributed by atoms with Crippen LogP contribution in [-0.4, -0.2) is 63.1 Å². The van der Waals surface area contributed by atoms with Crippen LogP contribution in [0, 0.1) is 0 Å². The summed E-state index contributed by atoms with van der Waals surface area (Å²) in [6.45, 7) is 6.16. The third-order valence-electron chi connectivity index (χ3n) is 4.77. The maximum Gasteiger partial charge on any atom is 0.251 e. The first-order valence-corrected chi connectivity index (χ1v) is 10.6. The predicted octanol–water partition coefficient (Wildman–Crippen LogP) is 0.966. The number of benzene rings is 1. The van der Waals surface area contributed by atoms with Crippen LogP contribution in [0.4, 0.5) is 0 Å². The van der Waals surface area contributed by atoms with Crippen molar-refractivity contribution in [1.82, 2.24) is 14.9 Å². The molecule has 0 saturated carbocycles. The van der Waals surface area contributed by atoms with E-state index in [0.717, 1.165) is 25.9 Å². The molecule has 2 aliphatic heterocycles. The molecule has 26 heavy (non-hydrogen) atoms. The number of nitrogens with one attached hydrogen (secondary N) is 2. The summed E-state index contributed by atoms with van der Waals surface area (Å²) in [5.41, 5.74) is 0.471. The molecule has 2 saturated heterocycles. The zero-order chi connectivity index (χ0) is 18.7. The summed E-state index contributed by atoms with van der Waals surface area (Å²) < 4.78 is 32.7. The Morgan fingerprint density at radius 3 is 2.42 bits per heavy atom. The molecule has 0 bridgehead atoms. The van der Waals surface area contributed by atoms with Crippen LogP contribution in [0.1, 0.15) is 37.0 Å². The Kier molecular flexibility index (Phi) is 5.96. The third kappa shape index (κ3) is 4.43. The maximum atomic E-state index is 12.8. The lowest BCUT2D eigenvalue weighted by Gasteiger charge is -2.34. The van der Waals surface area contributed by atoms with Gasteiger partial charge in [0.1, 0.15) is 0 Å². The first-order valence-electron chi connectivity index (χ1n) is 9.13. The highest BCUT2D eigenvalue weighted by molar-refractivity contribution is 7.89. The Bertz CT molecular complexity index is 719. The molecule has 2 aliphatic rings. The van der Waals surface area contributed by atoms with Crippen LogP contribution in [0.3, 0.4) is 0 Å². The van der Waals surface area contributed by atoms with Crippen molar-refractivity contribution >= 4 is 15.9 Å². The average Bonchev–Trinajstić information content (AvgIpc) is 2.62. The van der Waals surface area contributed by atoms with Gasteiger partial charge in [0.2, 0.25) is 10.0 Å². The van der Waals surface area contributed by atoms with Gasteiger partial charge in [-0.3, -0.25) is 4.79 Å². The van der Waals surface area contributed by atoms with Gasteiger partial charge in [-0.1, -0.05) is 0 Å². The van der Waals surface area contributed by atoms with E-state index >= 15 is 0 Å². The van der Waals surface area contributed by atoms with Crippen molar-refractivity contribution in [3.8, 4) is 0 Å². The number of amides is 1. The van der Waals surface area contributed by atoms with E-state index in [1.165, 1.54) is 16.4 Å². The van der Waals surface area contributed by atoms with Crippen molar-refractivity contribution < 1.29 is 17.9 Å². The van der Waals surface area contributed by atoms with E-state index in [1.54, 1.807) is 12.1 Å². The van der Waals surface area contributed by atoms with Gasteiger partial charge in [0.25, 0.3) is 5.91 Å². The number of sulfonamides is 1. The summed E-state index contributed by atoms with van der Waals surface area (Å²) in [5, 5.41) is 6.24. The van der Waals surface area contributed by atoms with Gasteiger partial charge in [0.15, 0.2) is 0 Å². The number of morpholine rings is 1. The molecule has 2 N–H and O–H groups in total. The molecular formula is C18H27N3O4S. The Morgan fingerprint density at radius 2 is 1.85 bits per heavy atom. The summed E-state index contributed by atoms with van der Waals surface area (Å²) >= 11 is 0. The number of hydrogen-bond donors (Lipinski definition) is 2. The van der Waals surface area contributed by atoms with Crippen molar-refractivity contribution in [3.63, 3.8) is 0 Å². The largest absolute Gasteiger partial charge is 0.373 e. The molecule has 0 spiro atoms. The summed E-state index contributed by atoms with van der Waals surface area (Å²) in [5.74, 6) is -0.170. The van der Waals surface area contributed by atoms with Crippen molar-refractivity contribution in [1.29, 1.82) is 0 Å². The average molecular weight is 381 g/mol. The molecule has 8 heteroatoms. The minimum absolute atomic E-state index is 0.121. The Balaban J connectivity index is 1.69. The van der Waals surface area contributed by atoms with E-state index in [4.69, 9.17) is 4.74 Å². The van der Waals surface area contributed by atoms with E-state index in [0.29, 0.717) is 18.7 Å². The molecule has 1 amide bonds. The lowest BCUT2D eigenvalue weighted by Crippen LogP contribution is -2.48. The molecule has 2 unspecified atom stereocenters. The second-order valence-corrected chi connectivity index (χ2v) is 9.06. The van der Waals surface area contributed by atoms with Crippen LogP contribution < -0.4 is 10.6 Å². The van der Waals surface area contributed by atoms with Crippen LogP contribution in [0.25, 0.3) is 0 Å². The van der Waals surface area contributed by atoms with E-state index < -0.39 is 10.0 Å².